The monoisotopic (exact) mass is 304 g/mol. The number of aliphatic hydroxyl groups excluding tert-OH is 1. The number of anilines is 1. The standard InChI is InChI=1S/C16H24N4O2/c1-16(11-21)8-4-5-13(16)17-15(22)12-6-7-14(19-18-12)20-9-2-3-10-20/h6-7,13,21H,2-5,8-11H2,1H3,(H,17,22)/t13-,16+/m0/s1. The molecule has 0 unspecified atom stereocenters. The fourth-order valence-electron chi connectivity index (χ4n) is 3.46. The Hall–Kier alpha value is -1.69. The number of carbonyl (C=O) groups excluding carboxylic acids is 1. The molecule has 6 nitrogen and oxygen atoms in total. The summed E-state index contributed by atoms with van der Waals surface area (Å²) in [6.07, 6.45) is 5.24. The predicted molar refractivity (Wildman–Crippen MR) is 83.8 cm³/mol. The van der Waals surface area contributed by atoms with Crippen LogP contribution in [0, 0.1) is 5.41 Å². The molecule has 2 aliphatic rings. The lowest BCUT2D eigenvalue weighted by molar-refractivity contribution is 0.0825. The van der Waals surface area contributed by atoms with Crippen LogP contribution >= 0.6 is 0 Å². The van der Waals surface area contributed by atoms with Gasteiger partial charge in [-0.3, -0.25) is 4.79 Å². The van der Waals surface area contributed by atoms with E-state index in [0.717, 1.165) is 38.2 Å². The fourth-order valence-corrected chi connectivity index (χ4v) is 3.46. The Morgan fingerprint density at radius 3 is 2.77 bits per heavy atom. The Bertz CT molecular complexity index is 527. The van der Waals surface area contributed by atoms with Gasteiger partial charge in [0, 0.05) is 24.5 Å². The van der Waals surface area contributed by atoms with Gasteiger partial charge in [-0.2, -0.15) is 0 Å². The normalized spacial score (nSPS) is 28.1. The molecule has 2 atom stereocenters. The fraction of sp³-hybridized carbons (Fsp3) is 0.688. The van der Waals surface area contributed by atoms with Gasteiger partial charge in [0.25, 0.3) is 5.91 Å². The molecule has 2 heterocycles. The molecule has 1 aliphatic carbocycles. The second kappa shape index (κ2) is 6.20. The molecule has 0 radical (unpaired) electrons. The summed E-state index contributed by atoms with van der Waals surface area (Å²) < 4.78 is 0. The Kier molecular flexibility index (Phi) is 4.29. The summed E-state index contributed by atoms with van der Waals surface area (Å²) in [6, 6.07) is 3.61. The molecular weight excluding hydrogens is 280 g/mol. The van der Waals surface area contributed by atoms with Crippen LogP contribution in [0.5, 0.6) is 0 Å². The summed E-state index contributed by atoms with van der Waals surface area (Å²) in [4.78, 5) is 14.5. The summed E-state index contributed by atoms with van der Waals surface area (Å²) in [5.41, 5.74) is 0.119. The average molecular weight is 304 g/mol. The van der Waals surface area contributed by atoms with Crippen molar-refractivity contribution < 1.29 is 9.90 Å². The van der Waals surface area contributed by atoms with Crippen molar-refractivity contribution in [2.45, 2.75) is 45.1 Å². The molecule has 0 spiro atoms. The van der Waals surface area contributed by atoms with Gasteiger partial charge in [0.15, 0.2) is 11.5 Å². The maximum absolute atomic E-state index is 12.3. The molecule has 1 amide bonds. The molecule has 1 saturated heterocycles. The minimum atomic E-state index is -0.224. The third kappa shape index (κ3) is 2.92. The van der Waals surface area contributed by atoms with Crippen LogP contribution < -0.4 is 10.2 Å². The molecule has 0 aromatic carbocycles. The molecule has 22 heavy (non-hydrogen) atoms. The highest BCUT2D eigenvalue weighted by Gasteiger charge is 2.39. The van der Waals surface area contributed by atoms with Crippen LogP contribution in [0.2, 0.25) is 0 Å². The van der Waals surface area contributed by atoms with E-state index in [2.05, 4.69) is 20.4 Å². The highest BCUT2D eigenvalue weighted by molar-refractivity contribution is 5.92. The smallest absolute Gasteiger partial charge is 0.272 e. The molecule has 6 heteroatoms. The van der Waals surface area contributed by atoms with E-state index in [4.69, 9.17) is 0 Å². The highest BCUT2D eigenvalue weighted by Crippen LogP contribution is 2.37. The number of nitrogens with zero attached hydrogens (tertiary/aromatic N) is 3. The number of hydrogen-bond donors (Lipinski definition) is 2. The van der Waals surface area contributed by atoms with Crippen molar-refractivity contribution in [1.29, 1.82) is 0 Å². The number of amides is 1. The number of carbonyl (C=O) groups is 1. The summed E-state index contributed by atoms with van der Waals surface area (Å²) >= 11 is 0. The van der Waals surface area contributed by atoms with Crippen LogP contribution in [-0.4, -0.2) is 46.9 Å². The van der Waals surface area contributed by atoms with E-state index in [-0.39, 0.29) is 24.0 Å². The van der Waals surface area contributed by atoms with Crippen molar-refractivity contribution in [1.82, 2.24) is 15.5 Å². The number of nitrogens with one attached hydrogen (secondary N) is 1. The van der Waals surface area contributed by atoms with Crippen LogP contribution in [0.3, 0.4) is 0 Å². The molecule has 1 aromatic rings. The Morgan fingerprint density at radius 2 is 2.14 bits per heavy atom. The zero-order valence-corrected chi connectivity index (χ0v) is 13.1. The van der Waals surface area contributed by atoms with E-state index >= 15 is 0 Å². The number of hydrogen-bond acceptors (Lipinski definition) is 5. The van der Waals surface area contributed by atoms with Gasteiger partial charge < -0.3 is 15.3 Å². The van der Waals surface area contributed by atoms with Gasteiger partial charge in [-0.15, -0.1) is 10.2 Å². The Labute approximate surface area is 130 Å². The minimum absolute atomic E-state index is 0.00468. The summed E-state index contributed by atoms with van der Waals surface area (Å²) in [5, 5.41) is 20.8. The molecule has 2 N–H and O–H groups in total. The first-order valence-electron chi connectivity index (χ1n) is 8.13. The van der Waals surface area contributed by atoms with Gasteiger partial charge >= 0.3 is 0 Å². The van der Waals surface area contributed by atoms with Gasteiger partial charge in [0.05, 0.1) is 6.61 Å². The first-order valence-corrected chi connectivity index (χ1v) is 8.13. The summed E-state index contributed by atoms with van der Waals surface area (Å²) in [5.74, 6) is 0.641. The zero-order valence-electron chi connectivity index (χ0n) is 13.1. The zero-order chi connectivity index (χ0) is 15.6. The van der Waals surface area contributed by atoms with Crippen molar-refractivity contribution in [2.75, 3.05) is 24.6 Å². The highest BCUT2D eigenvalue weighted by atomic mass is 16.3. The molecule has 1 aliphatic heterocycles. The Morgan fingerprint density at radius 1 is 1.36 bits per heavy atom. The third-order valence-corrected chi connectivity index (χ3v) is 5.06. The summed E-state index contributed by atoms with van der Waals surface area (Å²) in [6.45, 7) is 4.14. The molecule has 1 saturated carbocycles. The minimum Gasteiger partial charge on any atom is -0.396 e. The van der Waals surface area contributed by atoms with Crippen LogP contribution in [0.25, 0.3) is 0 Å². The lowest BCUT2D eigenvalue weighted by atomic mass is 9.86. The SMILES string of the molecule is C[C@]1(CO)CCC[C@@H]1NC(=O)c1ccc(N2CCCC2)nn1. The van der Waals surface area contributed by atoms with E-state index in [1.165, 1.54) is 12.8 Å². The van der Waals surface area contributed by atoms with Crippen molar-refractivity contribution in [3.8, 4) is 0 Å². The summed E-state index contributed by atoms with van der Waals surface area (Å²) in [7, 11) is 0. The Balaban J connectivity index is 1.65. The van der Waals surface area contributed by atoms with Crippen molar-refractivity contribution >= 4 is 11.7 Å². The van der Waals surface area contributed by atoms with E-state index in [1.807, 2.05) is 13.0 Å². The average Bonchev–Trinajstić information content (AvgIpc) is 3.19. The third-order valence-electron chi connectivity index (χ3n) is 5.06. The van der Waals surface area contributed by atoms with Gasteiger partial charge in [0.1, 0.15) is 0 Å². The van der Waals surface area contributed by atoms with Crippen LogP contribution in [0.1, 0.15) is 49.5 Å². The van der Waals surface area contributed by atoms with Crippen molar-refractivity contribution in [3.63, 3.8) is 0 Å². The van der Waals surface area contributed by atoms with Gasteiger partial charge in [-0.05, 0) is 37.8 Å². The largest absolute Gasteiger partial charge is 0.396 e. The van der Waals surface area contributed by atoms with Crippen LogP contribution in [0.15, 0.2) is 12.1 Å². The molecule has 0 bridgehead atoms. The van der Waals surface area contributed by atoms with Gasteiger partial charge in [-0.25, -0.2) is 0 Å². The number of aliphatic hydroxyl groups is 1. The topological polar surface area (TPSA) is 78.4 Å². The molecule has 120 valence electrons. The quantitative estimate of drug-likeness (QED) is 0.878. The number of rotatable bonds is 4. The lowest BCUT2D eigenvalue weighted by Gasteiger charge is -2.29. The molecule has 2 fully saturated rings. The van der Waals surface area contributed by atoms with Crippen molar-refractivity contribution in [2.24, 2.45) is 5.41 Å². The second-order valence-electron chi connectivity index (χ2n) is 6.70. The van der Waals surface area contributed by atoms with Crippen molar-refractivity contribution in [3.05, 3.63) is 17.8 Å². The number of aromatic nitrogens is 2. The first-order chi connectivity index (χ1) is 10.6. The van der Waals surface area contributed by atoms with E-state index in [0.29, 0.717) is 5.69 Å². The van der Waals surface area contributed by atoms with E-state index < -0.39 is 0 Å². The lowest BCUT2D eigenvalue weighted by Crippen LogP contribution is -2.45. The predicted octanol–water partition coefficient (Wildman–Crippen LogP) is 1.36. The second-order valence-corrected chi connectivity index (χ2v) is 6.70. The maximum Gasteiger partial charge on any atom is 0.272 e. The first kappa shape index (κ1) is 15.2. The molecule has 1 aromatic heterocycles. The maximum atomic E-state index is 12.3. The molecular formula is C16H24N4O2. The van der Waals surface area contributed by atoms with Crippen LogP contribution in [-0.2, 0) is 0 Å². The van der Waals surface area contributed by atoms with Gasteiger partial charge in [-0.1, -0.05) is 13.3 Å². The van der Waals surface area contributed by atoms with E-state index in [1.54, 1.807) is 6.07 Å². The molecule has 3 rings (SSSR count). The van der Waals surface area contributed by atoms with Gasteiger partial charge in [0.2, 0.25) is 0 Å². The van der Waals surface area contributed by atoms with Crippen LogP contribution in [0.4, 0.5) is 5.82 Å². The van der Waals surface area contributed by atoms with E-state index in [9.17, 15) is 9.90 Å².